The van der Waals surface area contributed by atoms with Gasteiger partial charge in [0.05, 0.1) is 13.5 Å². The number of carbonyl (C=O) groups is 3. The zero-order valence-corrected chi connectivity index (χ0v) is 18.6. The first-order valence-electron chi connectivity index (χ1n) is 10.0. The van der Waals surface area contributed by atoms with Gasteiger partial charge in [-0.25, -0.2) is 0 Å². The number of rotatable bonds is 7. The van der Waals surface area contributed by atoms with Gasteiger partial charge in [0, 0.05) is 16.8 Å². The lowest BCUT2D eigenvalue weighted by atomic mass is 10.1. The molecular formula is C23H26ClN3O4. The van der Waals surface area contributed by atoms with Crippen molar-refractivity contribution in [3.05, 3.63) is 59.1 Å². The Bertz CT molecular complexity index is 962. The van der Waals surface area contributed by atoms with E-state index in [1.807, 2.05) is 26.0 Å². The van der Waals surface area contributed by atoms with Gasteiger partial charge in [0.2, 0.25) is 17.7 Å². The van der Waals surface area contributed by atoms with Gasteiger partial charge in [-0.05, 0) is 49.7 Å². The molecule has 1 aliphatic rings. The van der Waals surface area contributed by atoms with Crippen LogP contribution in [0.25, 0.3) is 0 Å². The van der Waals surface area contributed by atoms with Crippen molar-refractivity contribution in [1.82, 2.24) is 9.80 Å². The molecule has 0 aliphatic carbocycles. The number of nitrogens with zero attached hydrogens (tertiary/aromatic N) is 3. The fourth-order valence-electron chi connectivity index (χ4n) is 3.41. The van der Waals surface area contributed by atoms with Gasteiger partial charge in [-0.15, -0.1) is 0 Å². The molecule has 1 saturated heterocycles. The van der Waals surface area contributed by atoms with Crippen LogP contribution in [0, 0.1) is 0 Å². The van der Waals surface area contributed by atoms with Gasteiger partial charge >= 0.3 is 0 Å². The third kappa shape index (κ3) is 5.55. The summed E-state index contributed by atoms with van der Waals surface area (Å²) in [6.07, 6.45) is 0.184. The Morgan fingerprint density at radius 1 is 1.16 bits per heavy atom. The lowest BCUT2D eigenvalue weighted by Crippen LogP contribution is -2.46. The maximum absolute atomic E-state index is 12.9. The highest BCUT2D eigenvalue weighted by Gasteiger charge is 2.33. The molecule has 0 radical (unpaired) electrons. The minimum Gasteiger partial charge on any atom is -0.497 e. The Kier molecular flexibility index (Phi) is 7.17. The predicted molar refractivity (Wildman–Crippen MR) is 119 cm³/mol. The molecule has 0 spiro atoms. The van der Waals surface area contributed by atoms with Gasteiger partial charge in [-0.1, -0.05) is 29.8 Å². The minimum atomic E-state index is -0.269. The molecule has 1 heterocycles. The number of carbonyl (C=O) groups excluding carboxylic acids is 3. The molecule has 0 bridgehead atoms. The highest BCUT2D eigenvalue weighted by molar-refractivity contribution is 6.31. The normalized spacial score (nSPS) is 13.6. The topological polar surface area (TPSA) is 70.2 Å². The number of benzene rings is 2. The summed E-state index contributed by atoms with van der Waals surface area (Å²) in [5.74, 6) is 0.117. The first-order chi connectivity index (χ1) is 14.8. The Hall–Kier alpha value is -3.06. The van der Waals surface area contributed by atoms with E-state index in [9.17, 15) is 14.4 Å². The van der Waals surface area contributed by atoms with Crippen molar-refractivity contribution in [3.8, 4) is 5.75 Å². The van der Waals surface area contributed by atoms with E-state index < -0.39 is 0 Å². The van der Waals surface area contributed by atoms with Gasteiger partial charge in [-0.3, -0.25) is 19.3 Å². The summed E-state index contributed by atoms with van der Waals surface area (Å²) in [7, 11) is 1.59. The Labute approximate surface area is 187 Å². The van der Waals surface area contributed by atoms with E-state index in [1.54, 1.807) is 48.4 Å². The standard InChI is InChI=1S/C23H26ClN3O4/c1-16(2)26(21(28)11-17-7-9-20(31-3)10-8-17)14-22(29)25-13-23(30)27(15-25)19-6-4-5-18(24)12-19/h4-10,12,16H,11,13-15H2,1-3H3. The highest BCUT2D eigenvalue weighted by atomic mass is 35.5. The molecule has 0 aromatic heterocycles. The van der Waals surface area contributed by atoms with Crippen LogP contribution in [0.4, 0.5) is 5.69 Å². The number of anilines is 1. The molecule has 2 aromatic rings. The second kappa shape index (κ2) is 9.83. The van der Waals surface area contributed by atoms with Crippen LogP contribution in [0.3, 0.4) is 0 Å². The number of hydrogen-bond donors (Lipinski definition) is 0. The van der Waals surface area contributed by atoms with Crippen LogP contribution in [-0.2, 0) is 20.8 Å². The largest absolute Gasteiger partial charge is 0.497 e. The predicted octanol–water partition coefficient (Wildman–Crippen LogP) is 2.96. The smallest absolute Gasteiger partial charge is 0.248 e. The van der Waals surface area contributed by atoms with E-state index in [1.165, 1.54) is 9.80 Å². The molecule has 164 valence electrons. The lowest BCUT2D eigenvalue weighted by Gasteiger charge is -2.28. The molecule has 1 aliphatic heterocycles. The first kappa shape index (κ1) is 22.6. The van der Waals surface area contributed by atoms with Gasteiger partial charge in [0.15, 0.2) is 0 Å². The number of ether oxygens (including phenoxy) is 1. The van der Waals surface area contributed by atoms with Crippen LogP contribution in [-0.4, -0.2) is 60.4 Å². The van der Waals surface area contributed by atoms with E-state index >= 15 is 0 Å². The summed E-state index contributed by atoms with van der Waals surface area (Å²) in [6, 6.07) is 14.1. The second-order valence-electron chi connectivity index (χ2n) is 7.67. The monoisotopic (exact) mass is 443 g/mol. The zero-order valence-electron chi connectivity index (χ0n) is 17.9. The molecule has 1 fully saturated rings. The van der Waals surface area contributed by atoms with Crippen LogP contribution in [0.5, 0.6) is 5.75 Å². The van der Waals surface area contributed by atoms with E-state index in [-0.39, 0.29) is 49.9 Å². The Morgan fingerprint density at radius 3 is 2.48 bits per heavy atom. The van der Waals surface area contributed by atoms with Crippen LogP contribution in [0.15, 0.2) is 48.5 Å². The molecule has 3 rings (SSSR count). The Balaban J connectivity index is 1.64. The number of halogens is 1. The lowest BCUT2D eigenvalue weighted by molar-refractivity contribution is -0.141. The Morgan fingerprint density at radius 2 is 1.87 bits per heavy atom. The molecule has 0 saturated carbocycles. The highest BCUT2D eigenvalue weighted by Crippen LogP contribution is 2.23. The molecule has 7 nitrogen and oxygen atoms in total. The number of methoxy groups -OCH3 is 1. The minimum absolute atomic E-state index is 0.0239. The van der Waals surface area contributed by atoms with Crippen molar-refractivity contribution in [2.24, 2.45) is 0 Å². The summed E-state index contributed by atoms with van der Waals surface area (Å²) in [5.41, 5.74) is 1.48. The maximum Gasteiger partial charge on any atom is 0.248 e. The summed E-state index contributed by atoms with van der Waals surface area (Å²) < 4.78 is 5.14. The van der Waals surface area contributed by atoms with Crippen LogP contribution in [0.1, 0.15) is 19.4 Å². The van der Waals surface area contributed by atoms with Gasteiger partial charge in [-0.2, -0.15) is 0 Å². The van der Waals surface area contributed by atoms with Crippen molar-refractivity contribution in [2.45, 2.75) is 26.3 Å². The SMILES string of the molecule is COc1ccc(CC(=O)N(CC(=O)N2CC(=O)N(c3cccc(Cl)c3)C2)C(C)C)cc1. The van der Waals surface area contributed by atoms with Crippen molar-refractivity contribution >= 4 is 35.0 Å². The fourth-order valence-corrected chi connectivity index (χ4v) is 3.59. The molecule has 31 heavy (non-hydrogen) atoms. The quantitative estimate of drug-likeness (QED) is 0.659. The zero-order chi connectivity index (χ0) is 22.5. The maximum atomic E-state index is 12.9. The van der Waals surface area contributed by atoms with E-state index in [0.717, 1.165) is 11.3 Å². The average molecular weight is 444 g/mol. The van der Waals surface area contributed by atoms with E-state index in [4.69, 9.17) is 16.3 Å². The molecular weight excluding hydrogens is 418 g/mol. The van der Waals surface area contributed by atoms with Gasteiger partial charge in [0.25, 0.3) is 0 Å². The van der Waals surface area contributed by atoms with Crippen LogP contribution < -0.4 is 9.64 Å². The van der Waals surface area contributed by atoms with E-state index in [0.29, 0.717) is 10.7 Å². The molecule has 0 atom stereocenters. The van der Waals surface area contributed by atoms with Crippen molar-refractivity contribution in [1.29, 1.82) is 0 Å². The number of amides is 3. The summed E-state index contributed by atoms with van der Waals surface area (Å²) in [4.78, 5) is 42.7. The average Bonchev–Trinajstić information content (AvgIpc) is 3.14. The molecule has 0 N–H and O–H groups in total. The van der Waals surface area contributed by atoms with Crippen LogP contribution >= 0.6 is 11.6 Å². The van der Waals surface area contributed by atoms with E-state index in [2.05, 4.69) is 0 Å². The molecule has 8 heteroatoms. The summed E-state index contributed by atoms with van der Waals surface area (Å²) >= 11 is 6.02. The van der Waals surface area contributed by atoms with Crippen LogP contribution in [0.2, 0.25) is 5.02 Å². The summed E-state index contributed by atoms with van der Waals surface area (Å²) in [5, 5.41) is 0.519. The van der Waals surface area contributed by atoms with Crippen molar-refractivity contribution in [3.63, 3.8) is 0 Å². The second-order valence-corrected chi connectivity index (χ2v) is 8.11. The number of hydrogen-bond acceptors (Lipinski definition) is 4. The third-order valence-corrected chi connectivity index (χ3v) is 5.41. The molecule has 0 unspecified atom stereocenters. The third-order valence-electron chi connectivity index (χ3n) is 5.18. The summed E-state index contributed by atoms with van der Waals surface area (Å²) in [6.45, 7) is 3.77. The van der Waals surface area contributed by atoms with Crippen molar-refractivity contribution in [2.75, 3.05) is 31.8 Å². The fraction of sp³-hybridized carbons (Fsp3) is 0.348. The van der Waals surface area contributed by atoms with Crippen molar-refractivity contribution < 1.29 is 19.1 Å². The van der Waals surface area contributed by atoms with Gasteiger partial charge in [0.1, 0.15) is 25.5 Å². The first-order valence-corrected chi connectivity index (χ1v) is 10.4. The van der Waals surface area contributed by atoms with Gasteiger partial charge < -0.3 is 14.5 Å². The molecule has 3 amide bonds. The molecule has 2 aromatic carbocycles.